The number of benzene rings is 1. The molecular formula is C12H14ClNO2S. The van der Waals surface area contributed by atoms with Gasteiger partial charge in [-0.15, -0.1) is 11.8 Å². The smallest absolute Gasteiger partial charge is 0.407 e. The van der Waals surface area contributed by atoms with Gasteiger partial charge in [0.25, 0.3) is 0 Å². The molecule has 1 aromatic carbocycles. The molecular weight excluding hydrogens is 258 g/mol. The van der Waals surface area contributed by atoms with Crippen molar-refractivity contribution in [3.8, 4) is 0 Å². The van der Waals surface area contributed by atoms with Crippen LogP contribution < -0.4 is 0 Å². The van der Waals surface area contributed by atoms with Gasteiger partial charge in [-0.3, -0.25) is 0 Å². The summed E-state index contributed by atoms with van der Waals surface area (Å²) in [5.41, 5.74) is 0. The molecule has 1 N–H and O–H groups in total. The Morgan fingerprint density at radius 1 is 1.41 bits per heavy atom. The number of nitrogens with zero attached hydrogens (tertiary/aromatic N) is 1. The van der Waals surface area contributed by atoms with Crippen molar-refractivity contribution in [1.82, 2.24) is 4.90 Å². The third kappa shape index (κ3) is 3.54. The van der Waals surface area contributed by atoms with Crippen LogP contribution in [0.25, 0.3) is 0 Å². The van der Waals surface area contributed by atoms with E-state index in [1.54, 1.807) is 11.8 Å². The Bertz CT molecular complexity index is 405. The Hall–Kier alpha value is -0.870. The molecule has 5 heteroatoms. The largest absolute Gasteiger partial charge is 0.465 e. The van der Waals surface area contributed by atoms with E-state index in [4.69, 9.17) is 16.7 Å². The van der Waals surface area contributed by atoms with Gasteiger partial charge in [-0.25, -0.2) is 4.79 Å². The van der Waals surface area contributed by atoms with Crippen LogP contribution >= 0.6 is 23.4 Å². The van der Waals surface area contributed by atoms with Crippen LogP contribution in [0.5, 0.6) is 0 Å². The number of carboxylic acid groups (broad SMARTS) is 1. The second-order valence-electron chi connectivity index (χ2n) is 4.04. The Labute approximate surface area is 110 Å². The highest BCUT2D eigenvalue weighted by molar-refractivity contribution is 8.00. The van der Waals surface area contributed by atoms with Crippen molar-refractivity contribution in [2.75, 3.05) is 13.1 Å². The molecule has 1 saturated heterocycles. The molecule has 0 aromatic heterocycles. The predicted molar refractivity (Wildman–Crippen MR) is 69.9 cm³/mol. The number of hydrogen-bond donors (Lipinski definition) is 1. The van der Waals surface area contributed by atoms with Gasteiger partial charge in [0.1, 0.15) is 0 Å². The van der Waals surface area contributed by atoms with Crippen LogP contribution in [-0.2, 0) is 0 Å². The van der Waals surface area contributed by atoms with Gasteiger partial charge in [0.15, 0.2) is 0 Å². The summed E-state index contributed by atoms with van der Waals surface area (Å²) < 4.78 is 0. The first kappa shape index (κ1) is 12.6. The van der Waals surface area contributed by atoms with E-state index in [1.165, 1.54) is 4.90 Å². The number of carbonyl (C=O) groups is 1. The standard InChI is InChI=1S/C12H14ClNO2S/c13-9-2-1-3-11(8-9)17-10-4-6-14(7-5-10)12(15)16/h1-3,8,10H,4-7H2,(H,15,16). The highest BCUT2D eigenvalue weighted by atomic mass is 35.5. The summed E-state index contributed by atoms with van der Waals surface area (Å²) in [6.07, 6.45) is 1.00. The molecule has 0 aliphatic carbocycles. The maximum atomic E-state index is 10.8. The number of likely N-dealkylation sites (tertiary alicyclic amines) is 1. The second kappa shape index (κ2) is 5.65. The van der Waals surface area contributed by atoms with E-state index in [9.17, 15) is 4.79 Å². The van der Waals surface area contributed by atoms with Crippen LogP contribution in [0.3, 0.4) is 0 Å². The summed E-state index contributed by atoms with van der Waals surface area (Å²) in [7, 11) is 0. The number of halogens is 1. The van der Waals surface area contributed by atoms with Crippen molar-refractivity contribution in [1.29, 1.82) is 0 Å². The fourth-order valence-corrected chi connectivity index (χ4v) is 3.34. The summed E-state index contributed by atoms with van der Waals surface area (Å²) in [4.78, 5) is 13.4. The average molecular weight is 272 g/mol. The van der Waals surface area contributed by atoms with E-state index in [-0.39, 0.29) is 0 Å². The van der Waals surface area contributed by atoms with Gasteiger partial charge in [0.2, 0.25) is 0 Å². The Balaban J connectivity index is 1.88. The quantitative estimate of drug-likeness (QED) is 0.894. The third-order valence-electron chi connectivity index (χ3n) is 2.81. The van der Waals surface area contributed by atoms with Crippen LogP contribution in [0.4, 0.5) is 4.79 Å². The van der Waals surface area contributed by atoms with Crippen molar-refractivity contribution in [2.45, 2.75) is 23.0 Å². The Morgan fingerprint density at radius 2 is 2.12 bits per heavy atom. The maximum absolute atomic E-state index is 10.8. The second-order valence-corrected chi connectivity index (χ2v) is 5.85. The van der Waals surface area contributed by atoms with Crippen molar-refractivity contribution in [3.05, 3.63) is 29.3 Å². The molecule has 1 heterocycles. The van der Waals surface area contributed by atoms with Gasteiger partial charge in [-0.2, -0.15) is 0 Å². The number of piperidine rings is 1. The van der Waals surface area contributed by atoms with Gasteiger partial charge >= 0.3 is 6.09 Å². The molecule has 0 bridgehead atoms. The minimum Gasteiger partial charge on any atom is -0.465 e. The fourth-order valence-electron chi connectivity index (χ4n) is 1.90. The lowest BCUT2D eigenvalue weighted by Crippen LogP contribution is -2.38. The maximum Gasteiger partial charge on any atom is 0.407 e. The molecule has 0 saturated carbocycles. The lowest BCUT2D eigenvalue weighted by molar-refractivity contribution is 0.136. The summed E-state index contributed by atoms with van der Waals surface area (Å²) >= 11 is 7.72. The van der Waals surface area contributed by atoms with E-state index in [0.29, 0.717) is 18.3 Å². The summed E-state index contributed by atoms with van der Waals surface area (Å²) in [5, 5.41) is 10.1. The van der Waals surface area contributed by atoms with Gasteiger partial charge in [-0.05, 0) is 31.0 Å². The molecule has 1 amide bonds. The van der Waals surface area contributed by atoms with Gasteiger partial charge in [-0.1, -0.05) is 17.7 Å². The van der Waals surface area contributed by atoms with Crippen LogP contribution in [0.2, 0.25) is 5.02 Å². The molecule has 1 aliphatic rings. The molecule has 92 valence electrons. The molecule has 0 atom stereocenters. The van der Waals surface area contributed by atoms with E-state index >= 15 is 0 Å². The fraction of sp³-hybridized carbons (Fsp3) is 0.417. The first-order valence-electron chi connectivity index (χ1n) is 5.55. The van der Waals surface area contributed by atoms with E-state index < -0.39 is 6.09 Å². The normalized spacial score (nSPS) is 17.1. The molecule has 0 unspecified atom stereocenters. The third-order valence-corrected chi connectivity index (χ3v) is 4.38. The van der Waals surface area contributed by atoms with Crippen LogP contribution in [-0.4, -0.2) is 34.4 Å². The lowest BCUT2D eigenvalue weighted by Gasteiger charge is -2.29. The van der Waals surface area contributed by atoms with E-state index in [0.717, 1.165) is 22.8 Å². The van der Waals surface area contributed by atoms with Gasteiger partial charge < -0.3 is 10.0 Å². The zero-order chi connectivity index (χ0) is 12.3. The molecule has 0 radical (unpaired) electrons. The average Bonchev–Trinajstić information content (AvgIpc) is 2.29. The molecule has 1 aliphatic heterocycles. The lowest BCUT2D eigenvalue weighted by atomic mass is 10.1. The molecule has 1 fully saturated rings. The molecule has 0 spiro atoms. The number of amides is 1. The number of hydrogen-bond acceptors (Lipinski definition) is 2. The van der Waals surface area contributed by atoms with Crippen molar-refractivity contribution in [2.24, 2.45) is 0 Å². The minimum absolute atomic E-state index is 0.490. The highest BCUT2D eigenvalue weighted by Crippen LogP contribution is 2.31. The summed E-state index contributed by atoms with van der Waals surface area (Å²) in [6, 6.07) is 7.80. The number of thioether (sulfide) groups is 1. The highest BCUT2D eigenvalue weighted by Gasteiger charge is 2.22. The Morgan fingerprint density at radius 3 is 2.71 bits per heavy atom. The number of rotatable bonds is 2. The zero-order valence-corrected chi connectivity index (χ0v) is 10.9. The SMILES string of the molecule is O=C(O)N1CCC(Sc2cccc(Cl)c2)CC1. The van der Waals surface area contributed by atoms with Crippen LogP contribution in [0.15, 0.2) is 29.2 Å². The van der Waals surface area contributed by atoms with Crippen molar-refractivity contribution in [3.63, 3.8) is 0 Å². The van der Waals surface area contributed by atoms with Gasteiger partial charge in [0.05, 0.1) is 0 Å². The molecule has 1 aromatic rings. The van der Waals surface area contributed by atoms with Crippen molar-refractivity contribution < 1.29 is 9.90 Å². The monoisotopic (exact) mass is 271 g/mol. The topological polar surface area (TPSA) is 40.5 Å². The van der Waals surface area contributed by atoms with Crippen molar-refractivity contribution >= 4 is 29.5 Å². The summed E-state index contributed by atoms with van der Waals surface area (Å²) in [5.74, 6) is 0. The predicted octanol–water partition coefficient (Wildman–Crippen LogP) is 3.57. The minimum atomic E-state index is -0.809. The Kier molecular flexibility index (Phi) is 4.18. The van der Waals surface area contributed by atoms with Crippen LogP contribution in [0.1, 0.15) is 12.8 Å². The van der Waals surface area contributed by atoms with E-state index in [2.05, 4.69) is 0 Å². The zero-order valence-electron chi connectivity index (χ0n) is 9.30. The first-order chi connectivity index (χ1) is 8.15. The van der Waals surface area contributed by atoms with Crippen LogP contribution in [0, 0.1) is 0 Å². The molecule has 17 heavy (non-hydrogen) atoms. The first-order valence-corrected chi connectivity index (χ1v) is 6.81. The summed E-state index contributed by atoms with van der Waals surface area (Å²) in [6.45, 7) is 1.27. The molecule has 2 rings (SSSR count). The molecule has 3 nitrogen and oxygen atoms in total. The van der Waals surface area contributed by atoms with E-state index in [1.807, 2.05) is 24.3 Å². The van der Waals surface area contributed by atoms with Gasteiger partial charge in [0, 0.05) is 28.3 Å².